The van der Waals surface area contributed by atoms with Gasteiger partial charge in [0.05, 0.1) is 25.3 Å². The lowest BCUT2D eigenvalue weighted by Gasteiger charge is -2.23. The lowest BCUT2D eigenvalue weighted by atomic mass is 9.94. The number of aromatic carboxylic acids is 1. The molecule has 1 atom stereocenters. The monoisotopic (exact) mass is 268 g/mol. The molecule has 2 N–H and O–H groups in total. The summed E-state index contributed by atoms with van der Waals surface area (Å²) in [6, 6.07) is 0. The molecule has 7 nitrogen and oxygen atoms in total. The Morgan fingerprint density at radius 2 is 2.26 bits per heavy atom. The summed E-state index contributed by atoms with van der Waals surface area (Å²) in [6.45, 7) is 0.497. The van der Waals surface area contributed by atoms with Gasteiger partial charge in [-0.15, -0.1) is 0 Å². The van der Waals surface area contributed by atoms with Crippen molar-refractivity contribution >= 4 is 11.9 Å². The SMILES string of the molecule is COC(=O)C1CCCn2c(CCO)nc(C(=O)O)c21. The van der Waals surface area contributed by atoms with Crippen LogP contribution in [-0.4, -0.2) is 45.4 Å². The number of aliphatic hydroxyl groups is 1. The molecule has 0 radical (unpaired) electrons. The number of methoxy groups -OCH3 is 1. The van der Waals surface area contributed by atoms with Gasteiger partial charge in [0.15, 0.2) is 5.69 Å². The quantitative estimate of drug-likeness (QED) is 0.755. The van der Waals surface area contributed by atoms with E-state index in [0.29, 0.717) is 24.5 Å². The highest BCUT2D eigenvalue weighted by molar-refractivity contribution is 5.90. The molecule has 0 aromatic carbocycles. The van der Waals surface area contributed by atoms with Gasteiger partial charge in [0, 0.05) is 13.0 Å². The molecule has 1 unspecified atom stereocenters. The maximum atomic E-state index is 11.8. The molecular weight excluding hydrogens is 252 g/mol. The topological polar surface area (TPSA) is 102 Å². The van der Waals surface area contributed by atoms with Crippen molar-refractivity contribution in [3.63, 3.8) is 0 Å². The van der Waals surface area contributed by atoms with Crippen molar-refractivity contribution < 1.29 is 24.5 Å². The zero-order valence-corrected chi connectivity index (χ0v) is 10.6. The van der Waals surface area contributed by atoms with Crippen LogP contribution in [-0.2, 0) is 22.5 Å². The molecule has 104 valence electrons. The summed E-state index contributed by atoms with van der Waals surface area (Å²) in [4.78, 5) is 27.1. The fourth-order valence-corrected chi connectivity index (χ4v) is 2.53. The standard InChI is InChI=1S/C12H16N2O5/c1-19-12(18)7-3-2-5-14-8(4-6-15)13-9(10(7)14)11(16)17/h7,15H,2-6H2,1H3,(H,16,17). The molecule has 1 aliphatic rings. The number of rotatable bonds is 4. The van der Waals surface area contributed by atoms with Crippen molar-refractivity contribution in [3.8, 4) is 0 Å². The molecule has 7 heteroatoms. The molecule has 0 fully saturated rings. The number of carboxylic acid groups (broad SMARTS) is 1. The van der Waals surface area contributed by atoms with E-state index in [0.717, 1.165) is 6.42 Å². The smallest absolute Gasteiger partial charge is 0.356 e. The summed E-state index contributed by atoms with van der Waals surface area (Å²) in [6.07, 6.45) is 1.58. The second-order valence-electron chi connectivity index (χ2n) is 4.41. The van der Waals surface area contributed by atoms with E-state index < -0.39 is 17.9 Å². The maximum Gasteiger partial charge on any atom is 0.356 e. The molecule has 19 heavy (non-hydrogen) atoms. The molecule has 0 saturated heterocycles. The minimum absolute atomic E-state index is 0.112. The Bertz CT molecular complexity index is 508. The van der Waals surface area contributed by atoms with Gasteiger partial charge in [0.2, 0.25) is 0 Å². The number of aromatic nitrogens is 2. The molecule has 2 heterocycles. The van der Waals surface area contributed by atoms with E-state index in [-0.39, 0.29) is 18.7 Å². The van der Waals surface area contributed by atoms with Crippen molar-refractivity contribution in [2.45, 2.75) is 31.7 Å². The number of imidazole rings is 1. The Kier molecular flexibility index (Phi) is 3.84. The highest BCUT2D eigenvalue weighted by atomic mass is 16.5. The van der Waals surface area contributed by atoms with Crippen molar-refractivity contribution in [2.75, 3.05) is 13.7 Å². The summed E-state index contributed by atoms with van der Waals surface area (Å²) < 4.78 is 6.46. The van der Waals surface area contributed by atoms with Gasteiger partial charge in [0.1, 0.15) is 5.82 Å². The summed E-state index contributed by atoms with van der Waals surface area (Å²) in [7, 11) is 1.28. The first-order chi connectivity index (χ1) is 9.10. The first kappa shape index (κ1) is 13.5. The molecule has 0 saturated carbocycles. The highest BCUT2D eigenvalue weighted by Gasteiger charge is 2.35. The molecule has 1 aromatic rings. The van der Waals surface area contributed by atoms with Gasteiger partial charge in [-0.2, -0.15) is 0 Å². The molecule has 1 aliphatic heterocycles. The van der Waals surface area contributed by atoms with Crippen LogP contribution in [0.15, 0.2) is 0 Å². The van der Waals surface area contributed by atoms with Gasteiger partial charge in [-0.25, -0.2) is 9.78 Å². The number of carboxylic acids is 1. The first-order valence-corrected chi connectivity index (χ1v) is 6.11. The number of fused-ring (bicyclic) bond motifs is 1. The minimum Gasteiger partial charge on any atom is -0.476 e. The van der Waals surface area contributed by atoms with Crippen LogP contribution in [0.5, 0.6) is 0 Å². The van der Waals surface area contributed by atoms with E-state index in [1.165, 1.54) is 7.11 Å². The number of esters is 1. The average Bonchev–Trinajstić information content (AvgIpc) is 2.77. The normalized spacial score (nSPS) is 17.9. The Balaban J connectivity index is 2.53. The van der Waals surface area contributed by atoms with E-state index >= 15 is 0 Å². The van der Waals surface area contributed by atoms with Crippen LogP contribution in [0.4, 0.5) is 0 Å². The number of carbonyl (C=O) groups is 2. The summed E-state index contributed by atoms with van der Waals surface area (Å²) in [5, 5.41) is 18.2. The van der Waals surface area contributed by atoms with Crippen LogP contribution in [0.1, 0.15) is 40.8 Å². The first-order valence-electron chi connectivity index (χ1n) is 6.11. The van der Waals surface area contributed by atoms with E-state index in [4.69, 9.17) is 9.84 Å². The number of hydrogen-bond acceptors (Lipinski definition) is 5. The number of aliphatic hydroxyl groups excluding tert-OH is 1. The van der Waals surface area contributed by atoms with Gasteiger partial charge in [0.25, 0.3) is 0 Å². The number of nitrogens with zero attached hydrogens (tertiary/aromatic N) is 2. The van der Waals surface area contributed by atoms with Crippen LogP contribution in [0.2, 0.25) is 0 Å². The zero-order chi connectivity index (χ0) is 14.0. The largest absolute Gasteiger partial charge is 0.476 e. The predicted molar refractivity (Wildman–Crippen MR) is 64.0 cm³/mol. The molecule has 0 bridgehead atoms. The molecule has 2 rings (SSSR count). The van der Waals surface area contributed by atoms with Gasteiger partial charge in [-0.3, -0.25) is 4.79 Å². The van der Waals surface area contributed by atoms with E-state index in [2.05, 4.69) is 4.98 Å². The second-order valence-corrected chi connectivity index (χ2v) is 4.41. The summed E-state index contributed by atoms with van der Waals surface area (Å²) in [5.74, 6) is -1.70. The van der Waals surface area contributed by atoms with E-state index in [9.17, 15) is 14.7 Å². The molecule has 0 spiro atoms. The predicted octanol–water partition coefficient (Wildman–Crippen LogP) is 0.167. The average molecular weight is 268 g/mol. The Labute approximate surface area is 109 Å². The van der Waals surface area contributed by atoms with Gasteiger partial charge < -0.3 is 19.5 Å². The Morgan fingerprint density at radius 1 is 1.53 bits per heavy atom. The fraction of sp³-hybridized carbons (Fsp3) is 0.583. The third-order valence-corrected chi connectivity index (χ3v) is 3.31. The zero-order valence-electron chi connectivity index (χ0n) is 10.6. The van der Waals surface area contributed by atoms with Crippen LogP contribution in [0, 0.1) is 0 Å². The minimum atomic E-state index is -1.16. The van der Waals surface area contributed by atoms with Crippen molar-refractivity contribution in [1.82, 2.24) is 9.55 Å². The van der Waals surface area contributed by atoms with Crippen LogP contribution in [0.3, 0.4) is 0 Å². The van der Waals surface area contributed by atoms with Crippen molar-refractivity contribution in [1.29, 1.82) is 0 Å². The lowest BCUT2D eigenvalue weighted by Crippen LogP contribution is -2.25. The number of carbonyl (C=O) groups excluding carboxylic acids is 1. The molecule has 0 amide bonds. The van der Waals surface area contributed by atoms with Gasteiger partial charge >= 0.3 is 11.9 Å². The maximum absolute atomic E-state index is 11.8. The molecule has 1 aromatic heterocycles. The second kappa shape index (κ2) is 5.40. The van der Waals surface area contributed by atoms with Crippen molar-refractivity contribution in [3.05, 3.63) is 17.2 Å². The third-order valence-electron chi connectivity index (χ3n) is 3.31. The van der Waals surface area contributed by atoms with Crippen LogP contribution < -0.4 is 0 Å². The van der Waals surface area contributed by atoms with Crippen LogP contribution >= 0.6 is 0 Å². The fourth-order valence-electron chi connectivity index (χ4n) is 2.53. The third kappa shape index (κ3) is 2.33. The summed E-state index contributed by atoms with van der Waals surface area (Å²) >= 11 is 0. The highest BCUT2D eigenvalue weighted by Crippen LogP contribution is 2.32. The lowest BCUT2D eigenvalue weighted by molar-refractivity contribution is -0.143. The van der Waals surface area contributed by atoms with Crippen LogP contribution in [0.25, 0.3) is 0 Å². The molecular formula is C12H16N2O5. The van der Waals surface area contributed by atoms with Crippen molar-refractivity contribution in [2.24, 2.45) is 0 Å². The van der Waals surface area contributed by atoms with E-state index in [1.807, 2.05) is 0 Å². The van der Waals surface area contributed by atoms with Gasteiger partial charge in [-0.1, -0.05) is 0 Å². The Hall–Kier alpha value is -1.89. The summed E-state index contributed by atoms with van der Waals surface area (Å²) in [5.41, 5.74) is 0.285. The number of hydrogen-bond donors (Lipinski definition) is 2. The van der Waals surface area contributed by atoms with Gasteiger partial charge in [-0.05, 0) is 12.8 Å². The molecule has 0 aliphatic carbocycles. The Morgan fingerprint density at radius 3 is 2.84 bits per heavy atom. The van der Waals surface area contributed by atoms with E-state index in [1.54, 1.807) is 4.57 Å². The number of ether oxygens (including phenoxy) is 1.